The molecule has 2 aliphatic rings. The lowest BCUT2D eigenvalue weighted by atomic mass is 9.97. The highest BCUT2D eigenvalue weighted by Crippen LogP contribution is 2.30. The molecule has 1 aromatic rings. The van der Waals surface area contributed by atoms with Gasteiger partial charge in [-0.3, -0.25) is 0 Å². The largest absolute Gasteiger partial charge is 0.444 e. The number of hydrogen-bond acceptors (Lipinski definition) is 7. The van der Waals surface area contributed by atoms with Crippen LogP contribution in [0.3, 0.4) is 0 Å². The molecule has 0 unspecified atom stereocenters. The van der Waals surface area contributed by atoms with Gasteiger partial charge in [0, 0.05) is 5.92 Å². The van der Waals surface area contributed by atoms with Gasteiger partial charge >= 0.3 is 6.09 Å². The highest BCUT2D eigenvalue weighted by molar-refractivity contribution is 5.68. The van der Waals surface area contributed by atoms with E-state index in [0.29, 0.717) is 30.8 Å². The predicted octanol–water partition coefficient (Wildman–Crippen LogP) is 2.58. The minimum Gasteiger partial charge on any atom is -0.444 e. The Bertz CT molecular complexity index is 619. The molecule has 0 N–H and O–H groups in total. The van der Waals surface area contributed by atoms with Crippen LogP contribution in [0.4, 0.5) is 4.79 Å². The molecule has 0 radical (unpaired) electrons. The Labute approximate surface area is 154 Å². The van der Waals surface area contributed by atoms with Gasteiger partial charge < -0.3 is 23.7 Å². The Balaban J connectivity index is 1.66. The van der Waals surface area contributed by atoms with Crippen LogP contribution in [0.5, 0.6) is 0 Å². The van der Waals surface area contributed by atoms with Crippen molar-refractivity contribution in [2.24, 2.45) is 0 Å². The number of aromatic nitrogens is 2. The Morgan fingerprint density at radius 2 is 1.81 bits per heavy atom. The van der Waals surface area contributed by atoms with E-state index in [1.165, 1.54) is 0 Å². The summed E-state index contributed by atoms with van der Waals surface area (Å²) in [7, 11) is 2.12. The van der Waals surface area contributed by atoms with Crippen molar-refractivity contribution in [3.05, 3.63) is 11.8 Å². The van der Waals surface area contributed by atoms with E-state index in [0.717, 1.165) is 25.9 Å². The standard InChI is InChI=1S/C18H30N4O4/c1-12-10-22(17(23)26-18(2,3)4)11-14(24-12)16-20-19-15(25-16)13-6-8-21(5)9-7-13/h12-14H,6-11H2,1-5H3/t12-,14-/m1/s1. The predicted molar refractivity (Wildman–Crippen MR) is 94.9 cm³/mol. The topological polar surface area (TPSA) is 80.9 Å². The lowest BCUT2D eigenvalue weighted by Crippen LogP contribution is -2.47. The van der Waals surface area contributed by atoms with E-state index in [2.05, 4.69) is 22.1 Å². The van der Waals surface area contributed by atoms with E-state index in [-0.39, 0.29) is 12.2 Å². The van der Waals surface area contributed by atoms with Crippen molar-refractivity contribution in [1.82, 2.24) is 20.0 Å². The van der Waals surface area contributed by atoms with Crippen molar-refractivity contribution >= 4 is 6.09 Å². The molecule has 0 aliphatic carbocycles. The molecule has 146 valence electrons. The number of amides is 1. The first kappa shape index (κ1) is 19.1. The Morgan fingerprint density at radius 3 is 2.46 bits per heavy atom. The summed E-state index contributed by atoms with van der Waals surface area (Å²) in [6.07, 6.45) is 1.15. The second kappa shape index (κ2) is 7.52. The fourth-order valence-electron chi connectivity index (χ4n) is 3.36. The first-order valence-electron chi connectivity index (χ1n) is 9.36. The first-order valence-corrected chi connectivity index (χ1v) is 9.36. The number of piperidine rings is 1. The van der Waals surface area contributed by atoms with Gasteiger partial charge in [-0.2, -0.15) is 0 Å². The molecule has 0 bridgehead atoms. The molecular weight excluding hydrogens is 336 g/mol. The van der Waals surface area contributed by atoms with Gasteiger partial charge in [-0.05, 0) is 60.7 Å². The van der Waals surface area contributed by atoms with Gasteiger partial charge in [0.2, 0.25) is 11.8 Å². The van der Waals surface area contributed by atoms with E-state index >= 15 is 0 Å². The summed E-state index contributed by atoms with van der Waals surface area (Å²) in [5.41, 5.74) is -0.528. The van der Waals surface area contributed by atoms with Gasteiger partial charge in [0.05, 0.1) is 19.2 Å². The van der Waals surface area contributed by atoms with Gasteiger partial charge in [-0.1, -0.05) is 0 Å². The van der Waals surface area contributed by atoms with E-state index < -0.39 is 11.7 Å². The summed E-state index contributed by atoms with van der Waals surface area (Å²) >= 11 is 0. The zero-order valence-electron chi connectivity index (χ0n) is 16.4. The van der Waals surface area contributed by atoms with Crippen molar-refractivity contribution < 1.29 is 18.7 Å². The van der Waals surface area contributed by atoms with E-state index in [9.17, 15) is 4.79 Å². The lowest BCUT2D eigenvalue weighted by Gasteiger charge is -2.36. The quantitative estimate of drug-likeness (QED) is 0.796. The van der Waals surface area contributed by atoms with Crippen LogP contribution in [0.15, 0.2) is 4.42 Å². The number of ether oxygens (including phenoxy) is 2. The number of carbonyl (C=O) groups is 1. The van der Waals surface area contributed by atoms with Crippen LogP contribution >= 0.6 is 0 Å². The van der Waals surface area contributed by atoms with Gasteiger partial charge in [0.15, 0.2) is 6.10 Å². The first-order chi connectivity index (χ1) is 12.2. The fraction of sp³-hybridized carbons (Fsp3) is 0.833. The molecule has 3 rings (SSSR count). The molecular formula is C18H30N4O4. The molecule has 1 amide bonds. The van der Waals surface area contributed by atoms with Crippen LogP contribution in [0, 0.1) is 0 Å². The number of nitrogens with zero attached hydrogens (tertiary/aromatic N) is 4. The molecule has 0 spiro atoms. The summed E-state index contributed by atoms with van der Waals surface area (Å²) < 4.78 is 17.4. The summed E-state index contributed by atoms with van der Waals surface area (Å²) in [4.78, 5) is 16.4. The van der Waals surface area contributed by atoms with Crippen LogP contribution in [-0.4, -0.2) is 71.0 Å². The molecule has 2 saturated heterocycles. The minimum atomic E-state index is -0.528. The number of morpholine rings is 1. The number of hydrogen-bond donors (Lipinski definition) is 0. The molecule has 2 aliphatic heterocycles. The molecule has 0 aromatic carbocycles. The molecule has 3 heterocycles. The summed E-state index contributed by atoms with van der Waals surface area (Å²) in [6, 6.07) is 0. The van der Waals surface area contributed by atoms with Crippen molar-refractivity contribution in [1.29, 1.82) is 0 Å². The van der Waals surface area contributed by atoms with Crippen molar-refractivity contribution in [3.63, 3.8) is 0 Å². The Hall–Kier alpha value is -1.67. The minimum absolute atomic E-state index is 0.125. The van der Waals surface area contributed by atoms with Crippen LogP contribution in [0.25, 0.3) is 0 Å². The zero-order valence-corrected chi connectivity index (χ0v) is 16.4. The number of carbonyl (C=O) groups excluding carboxylic acids is 1. The summed E-state index contributed by atoms with van der Waals surface area (Å²) in [6.45, 7) is 10.4. The van der Waals surface area contributed by atoms with Crippen LogP contribution in [0.2, 0.25) is 0 Å². The van der Waals surface area contributed by atoms with Crippen molar-refractivity contribution in [3.8, 4) is 0 Å². The van der Waals surface area contributed by atoms with Crippen molar-refractivity contribution in [2.45, 2.75) is 64.3 Å². The Kier molecular flexibility index (Phi) is 5.53. The maximum Gasteiger partial charge on any atom is 0.410 e. The normalized spacial score (nSPS) is 26.1. The summed E-state index contributed by atoms with van der Waals surface area (Å²) in [5.74, 6) is 1.42. The Morgan fingerprint density at radius 1 is 1.15 bits per heavy atom. The highest BCUT2D eigenvalue weighted by Gasteiger charge is 2.35. The third-order valence-electron chi connectivity index (χ3n) is 4.71. The van der Waals surface area contributed by atoms with E-state index in [1.807, 2.05) is 27.7 Å². The molecule has 8 nitrogen and oxygen atoms in total. The molecule has 2 atom stereocenters. The number of likely N-dealkylation sites (tertiary alicyclic amines) is 1. The average Bonchev–Trinajstić information content (AvgIpc) is 3.03. The highest BCUT2D eigenvalue weighted by atomic mass is 16.6. The van der Waals surface area contributed by atoms with Gasteiger partial charge in [0.1, 0.15) is 5.60 Å². The maximum atomic E-state index is 12.4. The van der Waals surface area contributed by atoms with Crippen molar-refractivity contribution in [2.75, 3.05) is 33.2 Å². The van der Waals surface area contributed by atoms with Gasteiger partial charge in [-0.25, -0.2) is 4.79 Å². The maximum absolute atomic E-state index is 12.4. The van der Waals surface area contributed by atoms with Crippen LogP contribution < -0.4 is 0 Å². The van der Waals surface area contributed by atoms with Gasteiger partial charge in [-0.15, -0.1) is 10.2 Å². The molecule has 2 fully saturated rings. The SMILES string of the molecule is C[C@@H]1CN(C(=O)OC(C)(C)C)C[C@H](c2nnc(C3CCN(C)CC3)o2)O1. The summed E-state index contributed by atoms with van der Waals surface area (Å²) in [5, 5.41) is 8.45. The monoisotopic (exact) mass is 366 g/mol. The second-order valence-electron chi connectivity index (χ2n) is 8.38. The average molecular weight is 366 g/mol. The second-order valence-corrected chi connectivity index (χ2v) is 8.38. The molecule has 1 aromatic heterocycles. The van der Waals surface area contributed by atoms with Crippen LogP contribution in [0.1, 0.15) is 64.3 Å². The fourth-order valence-corrected chi connectivity index (χ4v) is 3.36. The van der Waals surface area contributed by atoms with Crippen LogP contribution in [-0.2, 0) is 9.47 Å². The molecule has 26 heavy (non-hydrogen) atoms. The molecule has 0 saturated carbocycles. The smallest absolute Gasteiger partial charge is 0.410 e. The van der Waals surface area contributed by atoms with Gasteiger partial charge in [0.25, 0.3) is 0 Å². The zero-order chi connectivity index (χ0) is 18.9. The third kappa shape index (κ3) is 4.73. The van der Waals surface area contributed by atoms with E-state index in [4.69, 9.17) is 13.9 Å². The third-order valence-corrected chi connectivity index (χ3v) is 4.71. The van der Waals surface area contributed by atoms with E-state index in [1.54, 1.807) is 4.90 Å². The molecule has 8 heteroatoms. The lowest BCUT2D eigenvalue weighted by molar-refractivity contribution is -0.0908. The number of rotatable bonds is 2.